The Morgan fingerprint density at radius 1 is 0.947 bits per heavy atom. The highest BCUT2D eigenvalue weighted by Gasteiger charge is 2.31. The van der Waals surface area contributed by atoms with Gasteiger partial charge in [-0.25, -0.2) is 0 Å². The summed E-state index contributed by atoms with van der Waals surface area (Å²) in [5.41, 5.74) is -1.39. The van der Waals surface area contributed by atoms with Crippen LogP contribution in [0.4, 0.5) is 0 Å². The molecule has 0 heterocycles. The molecule has 0 atom stereocenters. The van der Waals surface area contributed by atoms with Crippen molar-refractivity contribution in [3.05, 3.63) is 0 Å². The number of carboxylic acids is 1. The van der Waals surface area contributed by atoms with Crippen LogP contribution in [0.1, 0.15) is 32.6 Å². The Kier molecular flexibility index (Phi) is 8.92. The van der Waals surface area contributed by atoms with E-state index in [1.807, 2.05) is 0 Å². The first kappa shape index (κ1) is 18.3. The van der Waals surface area contributed by atoms with Crippen LogP contribution < -0.4 is 0 Å². The van der Waals surface area contributed by atoms with Gasteiger partial charge in [0.25, 0.3) is 0 Å². The molecule has 0 amide bonds. The fourth-order valence-electron chi connectivity index (χ4n) is 1.78. The number of carboxylic acid groups (broad SMARTS) is 1. The van der Waals surface area contributed by atoms with E-state index in [1.165, 1.54) is 6.92 Å². The molecule has 1 aliphatic rings. The van der Waals surface area contributed by atoms with E-state index in [4.69, 9.17) is 25.5 Å². The Hall–Kier alpha value is -0.690. The van der Waals surface area contributed by atoms with Crippen molar-refractivity contribution in [2.45, 2.75) is 32.6 Å². The normalized spacial score (nSPS) is 23.4. The van der Waals surface area contributed by atoms with Crippen molar-refractivity contribution >= 4 is 5.97 Å². The Morgan fingerprint density at radius 2 is 1.26 bits per heavy atom. The van der Waals surface area contributed by atoms with Crippen LogP contribution in [0.3, 0.4) is 0 Å². The van der Waals surface area contributed by atoms with Gasteiger partial charge in [-0.15, -0.1) is 0 Å². The number of aliphatic hydroxyl groups excluding tert-OH is 4. The van der Waals surface area contributed by atoms with Crippen LogP contribution in [0.25, 0.3) is 0 Å². The van der Waals surface area contributed by atoms with Gasteiger partial charge < -0.3 is 25.5 Å². The van der Waals surface area contributed by atoms with Gasteiger partial charge in [-0.2, -0.15) is 0 Å². The highest BCUT2D eigenvalue weighted by molar-refractivity contribution is 5.74. The summed E-state index contributed by atoms with van der Waals surface area (Å²) in [6, 6.07) is 0. The predicted molar refractivity (Wildman–Crippen MR) is 69.5 cm³/mol. The maximum Gasteiger partial charge on any atom is 0.314 e. The molecule has 1 aliphatic carbocycles. The molecule has 0 aliphatic heterocycles. The van der Waals surface area contributed by atoms with E-state index < -0.39 is 24.6 Å². The summed E-state index contributed by atoms with van der Waals surface area (Å²) in [5, 5.41) is 42.7. The van der Waals surface area contributed by atoms with Crippen molar-refractivity contribution in [1.29, 1.82) is 0 Å². The van der Waals surface area contributed by atoms with Crippen LogP contribution in [0, 0.1) is 17.3 Å². The van der Waals surface area contributed by atoms with Gasteiger partial charge in [0.2, 0.25) is 0 Å². The molecule has 0 bridgehead atoms. The van der Waals surface area contributed by atoms with Crippen molar-refractivity contribution in [1.82, 2.24) is 0 Å². The average Bonchev–Trinajstić information content (AvgIpc) is 2.46. The second-order valence-electron chi connectivity index (χ2n) is 5.43. The summed E-state index contributed by atoms with van der Waals surface area (Å²) < 4.78 is 0. The lowest BCUT2D eigenvalue weighted by Crippen LogP contribution is -2.35. The first-order valence-electron chi connectivity index (χ1n) is 6.60. The molecule has 114 valence electrons. The lowest BCUT2D eigenvalue weighted by molar-refractivity contribution is -0.152. The lowest BCUT2D eigenvalue weighted by Gasteiger charge is -2.25. The van der Waals surface area contributed by atoms with E-state index in [0.717, 1.165) is 25.7 Å². The van der Waals surface area contributed by atoms with Crippen LogP contribution in [0.5, 0.6) is 0 Å². The fourth-order valence-corrected chi connectivity index (χ4v) is 1.78. The summed E-state index contributed by atoms with van der Waals surface area (Å²) in [6.45, 7) is 0.850. The van der Waals surface area contributed by atoms with E-state index in [1.54, 1.807) is 0 Å². The maximum atomic E-state index is 10.2. The fraction of sp³-hybridized carbons (Fsp3) is 0.923. The standard InChI is InChI=1S/C8H16O2.C5H10O4/c9-5-7-1-2-8(6-10)4-3-7;1-5(2-6,3-7)4(8)9/h7-10H,1-6H2;6-7H,2-3H2,1H3,(H,8,9). The largest absolute Gasteiger partial charge is 0.481 e. The Bertz CT molecular complexity index is 232. The zero-order chi connectivity index (χ0) is 14.9. The monoisotopic (exact) mass is 278 g/mol. The lowest BCUT2D eigenvalue weighted by atomic mass is 9.83. The molecule has 6 nitrogen and oxygen atoms in total. The SMILES string of the molecule is CC(CO)(CO)C(=O)O.OCC1CCC(CO)CC1. The van der Waals surface area contributed by atoms with Gasteiger partial charge in [0.05, 0.1) is 13.2 Å². The molecule has 0 saturated heterocycles. The number of hydrogen-bond donors (Lipinski definition) is 5. The summed E-state index contributed by atoms with van der Waals surface area (Å²) in [4.78, 5) is 10.2. The Labute approximate surface area is 113 Å². The molecule has 19 heavy (non-hydrogen) atoms. The first-order chi connectivity index (χ1) is 8.93. The van der Waals surface area contributed by atoms with Crippen molar-refractivity contribution in [2.24, 2.45) is 17.3 Å². The smallest absolute Gasteiger partial charge is 0.314 e. The molecule has 1 rings (SSSR count). The third-order valence-electron chi connectivity index (χ3n) is 3.70. The molecule has 1 saturated carbocycles. The molecule has 5 N–H and O–H groups in total. The number of hydrogen-bond acceptors (Lipinski definition) is 5. The molecule has 0 unspecified atom stereocenters. The highest BCUT2D eigenvalue weighted by Crippen LogP contribution is 2.27. The minimum absolute atomic E-state index is 0.331. The molecule has 0 aromatic carbocycles. The van der Waals surface area contributed by atoms with E-state index >= 15 is 0 Å². The third-order valence-corrected chi connectivity index (χ3v) is 3.70. The number of aliphatic carboxylic acids is 1. The molecule has 0 aromatic heterocycles. The molecular weight excluding hydrogens is 252 g/mol. The van der Waals surface area contributed by atoms with Gasteiger partial charge in [0.1, 0.15) is 5.41 Å². The predicted octanol–water partition coefficient (Wildman–Crippen LogP) is -0.161. The highest BCUT2D eigenvalue weighted by atomic mass is 16.4. The second kappa shape index (κ2) is 9.25. The molecular formula is C13H26O6. The molecule has 0 spiro atoms. The number of carbonyl (C=O) groups is 1. The zero-order valence-corrected chi connectivity index (χ0v) is 11.5. The van der Waals surface area contributed by atoms with Crippen molar-refractivity contribution in [3.8, 4) is 0 Å². The van der Waals surface area contributed by atoms with E-state index in [0.29, 0.717) is 25.0 Å². The van der Waals surface area contributed by atoms with Gasteiger partial charge in [-0.1, -0.05) is 0 Å². The van der Waals surface area contributed by atoms with Crippen LogP contribution in [0.2, 0.25) is 0 Å². The van der Waals surface area contributed by atoms with Crippen LogP contribution in [-0.2, 0) is 4.79 Å². The number of rotatable bonds is 5. The van der Waals surface area contributed by atoms with E-state index in [-0.39, 0.29) is 0 Å². The zero-order valence-electron chi connectivity index (χ0n) is 11.5. The van der Waals surface area contributed by atoms with E-state index in [2.05, 4.69) is 0 Å². The summed E-state index contributed by atoms with van der Waals surface area (Å²) in [7, 11) is 0. The van der Waals surface area contributed by atoms with Gasteiger partial charge in [0, 0.05) is 13.2 Å². The summed E-state index contributed by atoms with van der Waals surface area (Å²) >= 11 is 0. The van der Waals surface area contributed by atoms with Crippen LogP contribution >= 0.6 is 0 Å². The van der Waals surface area contributed by atoms with Gasteiger partial charge in [0.15, 0.2) is 0 Å². The average molecular weight is 278 g/mol. The second-order valence-corrected chi connectivity index (χ2v) is 5.43. The van der Waals surface area contributed by atoms with Crippen LogP contribution in [0.15, 0.2) is 0 Å². The number of aliphatic hydroxyl groups is 4. The Morgan fingerprint density at radius 3 is 1.37 bits per heavy atom. The summed E-state index contributed by atoms with van der Waals surface area (Å²) in [6.07, 6.45) is 4.40. The van der Waals surface area contributed by atoms with Gasteiger partial charge in [-0.05, 0) is 44.4 Å². The first-order valence-corrected chi connectivity index (χ1v) is 6.60. The molecule has 6 heteroatoms. The molecule has 0 radical (unpaired) electrons. The minimum Gasteiger partial charge on any atom is -0.481 e. The Balaban J connectivity index is 0.000000344. The quantitative estimate of drug-likeness (QED) is 0.477. The van der Waals surface area contributed by atoms with Crippen LogP contribution in [-0.4, -0.2) is 57.9 Å². The maximum absolute atomic E-state index is 10.2. The third kappa shape index (κ3) is 6.33. The van der Waals surface area contributed by atoms with Crippen molar-refractivity contribution in [3.63, 3.8) is 0 Å². The molecule has 0 aromatic rings. The van der Waals surface area contributed by atoms with Gasteiger partial charge in [-0.3, -0.25) is 4.79 Å². The topological polar surface area (TPSA) is 118 Å². The minimum atomic E-state index is -1.39. The van der Waals surface area contributed by atoms with Gasteiger partial charge >= 0.3 is 5.97 Å². The van der Waals surface area contributed by atoms with Crippen molar-refractivity contribution < 1.29 is 30.3 Å². The van der Waals surface area contributed by atoms with Crippen molar-refractivity contribution in [2.75, 3.05) is 26.4 Å². The van der Waals surface area contributed by atoms with E-state index in [9.17, 15) is 4.79 Å². The summed E-state index contributed by atoms with van der Waals surface area (Å²) in [5.74, 6) is -0.155. The molecule has 1 fully saturated rings.